The number of Topliss-reactive ketones (excluding diaryl/α,β-unsaturated/α-hetero) is 2. The Kier molecular flexibility index (Phi) is 4.86. The van der Waals surface area contributed by atoms with Gasteiger partial charge in [0, 0.05) is 12.8 Å². The van der Waals surface area contributed by atoms with Gasteiger partial charge in [-0.3, -0.25) is 4.79 Å². The molecule has 0 unspecified atom stereocenters. The maximum atomic E-state index is 11.7. The number of rotatable bonds is 6. The van der Waals surface area contributed by atoms with E-state index in [-0.39, 0.29) is 17.5 Å². The zero-order valence-corrected chi connectivity index (χ0v) is 11.1. The number of hydrogen-bond acceptors (Lipinski definition) is 2. The first-order valence-corrected chi connectivity index (χ1v) is 6.28. The molecular weight excluding hydrogens is 212 g/mol. The fourth-order valence-electron chi connectivity index (χ4n) is 2.28. The molecule has 0 radical (unpaired) electrons. The van der Waals surface area contributed by atoms with E-state index in [4.69, 9.17) is 0 Å². The Bertz CT molecular complexity index is 374. The van der Waals surface area contributed by atoms with Crippen molar-refractivity contribution >= 4 is 11.6 Å². The van der Waals surface area contributed by atoms with Crippen molar-refractivity contribution in [1.82, 2.24) is 0 Å². The summed E-state index contributed by atoms with van der Waals surface area (Å²) in [4.78, 5) is 22.8. The van der Waals surface area contributed by atoms with Gasteiger partial charge in [-0.1, -0.05) is 17.7 Å². The first kappa shape index (κ1) is 13.9. The Morgan fingerprint density at radius 2 is 2.00 bits per heavy atom. The summed E-state index contributed by atoms with van der Waals surface area (Å²) in [5.74, 6) is 0.766. The van der Waals surface area contributed by atoms with Crippen LogP contribution in [0.4, 0.5) is 0 Å². The average molecular weight is 234 g/mol. The maximum Gasteiger partial charge on any atom is 0.159 e. The Morgan fingerprint density at radius 3 is 2.41 bits per heavy atom. The Morgan fingerprint density at radius 1 is 1.35 bits per heavy atom. The smallest absolute Gasteiger partial charge is 0.159 e. The Labute approximate surface area is 104 Å². The third-order valence-electron chi connectivity index (χ3n) is 3.57. The number of carbonyl (C=O) groups is 2. The van der Waals surface area contributed by atoms with Crippen molar-refractivity contribution in [2.75, 3.05) is 0 Å². The standard InChI is InChI=1S/C15H22O2/c1-10(2)13(7-6-12(4)16)9-14-11(3)5-8-15(14)17/h13H,1,5-9H2,2-4H3/t13-/m0/s1. The molecule has 0 aromatic rings. The van der Waals surface area contributed by atoms with Crippen LogP contribution in [0.1, 0.15) is 52.9 Å². The summed E-state index contributed by atoms with van der Waals surface area (Å²) < 4.78 is 0. The quantitative estimate of drug-likeness (QED) is 0.658. The molecule has 2 nitrogen and oxygen atoms in total. The van der Waals surface area contributed by atoms with Crippen LogP contribution < -0.4 is 0 Å². The summed E-state index contributed by atoms with van der Waals surface area (Å²) >= 11 is 0. The van der Waals surface area contributed by atoms with Gasteiger partial charge in [-0.25, -0.2) is 0 Å². The normalized spacial score (nSPS) is 17.5. The lowest BCUT2D eigenvalue weighted by Gasteiger charge is -2.17. The van der Waals surface area contributed by atoms with Gasteiger partial charge in [0.25, 0.3) is 0 Å². The van der Waals surface area contributed by atoms with Gasteiger partial charge in [-0.15, -0.1) is 0 Å². The molecule has 0 aromatic carbocycles. The van der Waals surface area contributed by atoms with Crippen LogP contribution in [0.25, 0.3) is 0 Å². The van der Waals surface area contributed by atoms with E-state index >= 15 is 0 Å². The summed E-state index contributed by atoms with van der Waals surface area (Å²) in [6.45, 7) is 9.62. The molecule has 0 saturated heterocycles. The summed E-state index contributed by atoms with van der Waals surface area (Å²) in [6.07, 6.45) is 3.74. The van der Waals surface area contributed by atoms with Crippen LogP contribution in [0.15, 0.2) is 23.3 Å². The van der Waals surface area contributed by atoms with Crippen LogP contribution in [0.2, 0.25) is 0 Å². The monoisotopic (exact) mass is 234 g/mol. The van der Waals surface area contributed by atoms with Gasteiger partial charge in [0.2, 0.25) is 0 Å². The van der Waals surface area contributed by atoms with Crippen LogP contribution in [-0.2, 0) is 9.59 Å². The molecule has 0 aromatic heterocycles. The molecule has 1 rings (SSSR count). The van der Waals surface area contributed by atoms with Crippen molar-refractivity contribution in [3.8, 4) is 0 Å². The number of allylic oxidation sites excluding steroid dienone is 3. The van der Waals surface area contributed by atoms with E-state index < -0.39 is 0 Å². The molecule has 0 saturated carbocycles. The topological polar surface area (TPSA) is 34.1 Å². The molecule has 1 aliphatic rings. The number of ketones is 2. The minimum Gasteiger partial charge on any atom is -0.300 e. The lowest BCUT2D eigenvalue weighted by molar-refractivity contribution is -0.117. The fraction of sp³-hybridized carbons (Fsp3) is 0.600. The third-order valence-corrected chi connectivity index (χ3v) is 3.57. The van der Waals surface area contributed by atoms with Crippen LogP contribution in [0.3, 0.4) is 0 Å². The summed E-state index contributed by atoms with van der Waals surface area (Å²) in [5.41, 5.74) is 3.29. The summed E-state index contributed by atoms with van der Waals surface area (Å²) in [7, 11) is 0. The molecule has 2 heteroatoms. The van der Waals surface area contributed by atoms with Crippen LogP contribution in [0, 0.1) is 5.92 Å². The lowest BCUT2D eigenvalue weighted by atomic mass is 9.87. The average Bonchev–Trinajstić information content (AvgIpc) is 2.53. The molecule has 0 amide bonds. The largest absolute Gasteiger partial charge is 0.300 e. The number of hydrogen-bond donors (Lipinski definition) is 0. The minimum absolute atomic E-state index is 0.208. The van der Waals surface area contributed by atoms with Gasteiger partial charge in [0.05, 0.1) is 0 Å². The van der Waals surface area contributed by atoms with Gasteiger partial charge < -0.3 is 4.79 Å². The van der Waals surface area contributed by atoms with Crippen molar-refractivity contribution < 1.29 is 9.59 Å². The second-order valence-electron chi connectivity index (χ2n) is 5.17. The first-order chi connectivity index (χ1) is 7.91. The SMILES string of the molecule is C=C(C)[C@@H](CCC(C)=O)CC1=C(C)CCC1=O. The predicted octanol–water partition coefficient (Wildman–Crippen LogP) is 3.62. The minimum atomic E-state index is 0.208. The van der Waals surface area contributed by atoms with Gasteiger partial charge >= 0.3 is 0 Å². The second-order valence-corrected chi connectivity index (χ2v) is 5.17. The van der Waals surface area contributed by atoms with Crippen LogP contribution >= 0.6 is 0 Å². The molecule has 0 spiro atoms. The predicted molar refractivity (Wildman–Crippen MR) is 69.8 cm³/mol. The second kappa shape index (κ2) is 5.95. The molecule has 1 atom stereocenters. The summed E-state index contributed by atoms with van der Waals surface area (Å²) in [6, 6.07) is 0. The molecule has 0 heterocycles. The zero-order chi connectivity index (χ0) is 13.0. The van der Waals surface area contributed by atoms with Crippen molar-refractivity contribution in [2.24, 2.45) is 5.92 Å². The molecule has 0 fully saturated rings. The molecule has 17 heavy (non-hydrogen) atoms. The van der Waals surface area contributed by atoms with E-state index in [0.29, 0.717) is 12.8 Å². The highest BCUT2D eigenvalue weighted by Crippen LogP contribution is 2.31. The van der Waals surface area contributed by atoms with E-state index in [2.05, 4.69) is 6.58 Å². The lowest BCUT2D eigenvalue weighted by Crippen LogP contribution is -2.09. The summed E-state index contributed by atoms with van der Waals surface area (Å²) in [5, 5.41) is 0. The van der Waals surface area contributed by atoms with Gasteiger partial charge in [-0.2, -0.15) is 0 Å². The van der Waals surface area contributed by atoms with E-state index in [9.17, 15) is 9.59 Å². The molecule has 1 aliphatic carbocycles. The van der Waals surface area contributed by atoms with Crippen molar-refractivity contribution in [3.63, 3.8) is 0 Å². The third kappa shape index (κ3) is 3.95. The fourth-order valence-corrected chi connectivity index (χ4v) is 2.28. The highest BCUT2D eigenvalue weighted by Gasteiger charge is 2.23. The first-order valence-electron chi connectivity index (χ1n) is 6.28. The molecular formula is C15H22O2. The molecule has 0 aliphatic heterocycles. The van der Waals surface area contributed by atoms with Crippen LogP contribution in [-0.4, -0.2) is 11.6 Å². The molecule has 0 N–H and O–H groups in total. The van der Waals surface area contributed by atoms with Crippen LogP contribution in [0.5, 0.6) is 0 Å². The molecule has 94 valence electrons. The van der Waals surface area contributed by atoms with Gasteiger partial charge in [0.15, 0.2) is 5.78 Å². The zero-order valence-electron chi connectivity index (χ0n) is 11.1. The van der Waals surface area contributed by atoms with Crippen molar-refractivity contribution in [1.29, 1.82) is 0 Å². The van der Waals surface area contributed by atoms with Gasteiger partial charge in [0.1, 0.15) is 5.78 Å². The highest BCUT2D eigenvalue weighted by atomic mass is 16.1. The van der Waals surface area contributed by atoms with Gasteiger partial charge in [-0.05, 0) is 51.5 Å². The van der Waals surface area contributed by atoms with E-state index in [0.717, 1.165) is 30.4 Å². The molecule has 0 bridgehead atoms. The van der Waals surface area contributed by atoms with Crippen molar-refractivity contribution in [2.45, 2.75) is 52.9 Å². The Balaban J connectivity index is 2.67. The van der Waals surface area contributed by atoms with E-state index in [1.54, 1.807) is 6.92 Å². The van der Waals surface area contributed by atoms with E-state index in [1.807, 2.05) is 13.8 Å². The highest BCUT2D eigenvalue weighted by molar-refractivity contribution is 5.98. The number of carbonyl (C=O) groups excluding carboxylic acids is 2. The Hall–Kier alpha value is -1.18. The van der Waals surface area contributed by atoms with E-state index in [1.165, 1.54) is 5.57 Å². The maximum absolute atomic E-state index is 11.7. The van der Waals surface area contributed by atoms with Crippen molar-refractivity contribution in [3.05, 3.63) is 23.3 Å².